The summed E-state index contributed by atoms with van der Waals surface area (Å²) < 4.78 is 5.46. The van der Waals surface area contributed by atoms with Crippen molar-refractivity contribution in [2.75, 3.05) is 0 Å². The van der Waals surface area contributed by atoms with E-state index in [1.807, 2.05) is 13.8 Å². The van der Waals surface area contributed by atoms with Gasteiger partial charge < -0.3 is 9.72 Å². The normalized spacial score (nSPS) is 14.9. The molecule has 1 aliphatic heterocycles. The quantitative estimate of drug-likeness (QED) is 0.371. The number of ether oxygens (including phenoxy) is 1. The van der Waals surface area contributed by atoms with Crippen LogP contribution in [0.5, 0.6) is 0 Å². The fourth-order valence-electron chi connectivity index (χ4n) is 4.28. The Morgan fingerprint density at radius 3 is 2.00 bits per heavy atom. The first-order valence-electron chi connectivity index (χ1n) is 10.9. The molecule has 0 spiro atoms. The van der Waals surface area contributed by atoms with Gasteiger partial charge in [0.15, 0.2) is 11.9 Å². The lowest BCUT2D eigenvalue weighted by molar-refractivity contribution is -0.151. The predicted molar refractivity (Wildman–Crippen MR) is 120 cm³/mol. The molecule has 2 aromatic rings. The Bertz CT molecular complexity index is 1120. The highest BCUT2D eigenvalue weighted by atomic mass is 16.5. The highest BCUT2D eigenvalue weighted by Crippen LogP contribution is 2.28. The van der Waals surface area contributed by atoms with Gasteiger partial charge >= 0.3 is 5.97 Å². The molecular weight excluding hydrogens is 424 g/mol. The van der Waals surface area contributed by atoms with Crippen LogP contribution in [0.2, 0.25) is 0 Å². The Labute approximate surface area is 192 Å². The molecule has 174 valence electrons. The molecule has 2 atom stereocenters. The van der Waals surface area contributed by atoms with Crippen LogP contribution in [-0.2, 0) is 9.53 Å². The second-order valence-corrected chi connectivity index (χ2v) is 8.80. The molecule has 8 heteroatoms. The molecule has 0 aliphatic carbocycles. The van der Waals surface area contributed by atoms with Crippen molar-refractivity contribution in [3.05, 3.63) is 57.9 Å². The molecule has 2 heterocycles. The molecule has 0 radical (unpaired) electrons. The maximum Gasteiger partial charge on any atom is 0.330 e. The van der Waals surface area contributed by atoms with E-state index in [0.717, 1.165) is 4.90 Å². The lowest BCUT2D eigenvalue weighted by atomic mass is 10.0. The number of hydrogen-bond acceptors (Lipinski definition) is 6. The predicted octanol–water partition coefficient (Wildman–Crippen LogP) is 3.66. The number of carbonyl (C=O) groups is 5. The minimum Gasteiger partial charge on any atom is -0.453 e. The van der Waals surface area contributed by atoms with Crippen molar-refractivity contribution in [3.63, 3.8) is 0 Å². The summed E-state index contributed by atoms with van der Waals surface area (Å²) in [4.78, 5) is 67.7. The molecular formula is C25H28N2O6. The van der Waals surface area contributed by atoms with Gasteiger partial charge in [-0.25, -0.2) is 4.79 Å². The summed E-state index contributed by atoms with van der Waals surface area (Å²) in [5.74, 6) is -2.64. The van der Waals surface area contributed by atoms with Gasteiger partial charge in [0.25, 0.3) is 11.8 Å². The van der Waals surface area contributed by atoms with Gasteiger partial charge in [0.2, 0.25) is 5.78 Å². The maximum absolute atomic E-state index is 13.1. The summed E-state index contributed by atoms with van der Waals surface area (Å²) in [6, 6.07) is 5.23. The number of aryl methyl sites for hydroxylation is 1. The van der Waals surface area contributed by atoms with Crippen LogP contribution in [0, 0.1) is 19.8 Å². The number of amides is 2. The van der Waals surface area contributed by atoms with Crippen molar-refractivity contribution in [3.8, 4) is 0 Å². The Morgan fingerprint density at radius 2 is 1.55 bits per heavy atom. The zero-order chi connectivity index (χ0) is 24.6. The van der Waals surface area contributed by atoms with E-state index >= 15 is 0 Å². The molecule has 3 rings (SSSR count). The zero-order valence-corrected chi connectivity index (χ0v) is 19.6. The third kappa shape index (κ3) is 4.37. The van der Waals surface area contributed by atoms with E-state index in [9.17, 15) is 24.0 Å². The van der Waals surface area contributed by atoms with Crippen LogP contribution < -0.4 is 0 Å². The Kier molecular flexibility index (Phi) is 6.67. The lowest BCUT2D eigenvalue weighted by Crippen LogP contribution is -2.47. The second kappa shape index (κ2) is 9.13. The zero-order valence-electron chi connectivity index (χ0n) is 19.6. The summed E-state index contributed by atoms with van der Waals surface area (Å²) in [5.41, 5.74) is 2.15. The number of fused-ring (bicyclic) bond motifs is 1. The maximum atomic E-state index is 13.1. The molecule has 1 aromatic heterocycles. The Hall–Kier alpha value is -3.55. The number of imide groups is 1. The Morgan fingerprint density at radius 1 is 1.00 bits per heavy atom. The van der Waals surface area contributed by atoms with Gasteiger partial charge in [-0.2, -0.15) is 0 Å². The van der Waals surface area contributed by atoms with E-state index in [4.69, 9.17) is 4.74 Å². The summed E-state index contributed by atoms with van der Waals surface area (Å²) >= 11 is 0. The van der Waals surface area contributed by atoms with Crippen LogP contribution in [0.15, 0.2) is 24.3 Å². The smallest absolute Gasteiger partial charge is 0.330 e. The minimum absolute atomic E-state index is 0.0238. The number of carbonyl (C=O) groups excluding carboxylic acids is 5. The highest BCUT2D eigenvalue weighted by molar-refractivity contribution is 6.22. The van der Waals surface area contributed by atoms with E-state index in [2.05, 4.69) is 4.98 Å². The number of H-pyrrole nitrogens is 1. The van der Waals surface area contributed by atoms with Gasteiger partial charge in [0, 0.05) is 11.3 Å². The fraction of sp³-hybridized carbons (Fsp3) is 0.400. The number of Topliss-reactive ketones (excluding diaryl/α,β-unsaturated/α-hetero) is 2. The topological polar surface area (TPSA) is 114 Å². The number of aromatic nitrogens is 1. The highest BCUT2D eigenvalue weighted by Gasteiger charge is 2.44. The number of hydrogen-bond donors (Lipinski definition) is 1. The molecule has 0 fully saturated rings. The SMILES string of the molecule is CC(=O)c1c(C)[nH]c(C(=O)[C@H](C)OC(=O)[C@H](CC(C)C)N2C(=O)c3ccccc3C2=O)c1C. The van der Waals surface area contributed by atoms with Crippen molar-refractivity contribution in [2.45, 2.75) is 60.1 Å². The molecule has 8 nitrogen and oxygen atoms in total. The van der Waals surface area contributed by atoms with E-state index in [1.165, 1.54) is 13.8 Å². The summed E-state index contributed by atoms with van der Waals surface area (Å²) in [5, 5.41) is 0. The molecule has 1 aromatic carbocycles. The lowest BCUT2D eigenvalue weighted by Gasteiger charge is -2.27. The molecule has 33 heavy (non-hydrogen) atoms. The van der Waals surface area contributed by atoms with E-state index in [-0.39, 0.29) is 34.9 Å². The molecule has 0 unspecified atom stereocenters. The van der Waals surface area contributed by atoms with E-state index in [1.54, 1.807) is 38.1 Å². The number of ketones is 2. The number of nitrogens with one attached hydrogen (secondary N) is 1. The molecule has 0 saturated carbocycles. The molecule has 0 saturated heterocycles. The second-order valence-electron chi connectivity index (χ2n) is 8.80. The number of aromatic amines is 1. The van der Waals surface area contributed by atoms with Crippen molar-refractivity contribution in [1.29, 1.82) is 0 Å². The van der Waals surface area contributed by atoms with Gasteiger partial charge in [-0.15, -0.1) is 0 Å². The standard InChI is InChI=1S/C25H28N2O6/c1-12(2)11-19(27-23(30)17-9-7-8-10-18(17)24(27)31)25(32)33-16(6)22(29)21-13(3)20(15(5)28)14(4)26-21/h7-10,12,16,19,26H,11H2,1-6H3/t16-,19-/m0/s1. The van der Waals surface area contributed by atoms with Gasteiger partial charge in [0.05, 0.1) is 16.8 Å². The number of esters is 1. The van der Waals surface area contributed by atoms with Crippen LogP contribution >= 0.6 is 0 Å². The summed E-state index contributed by atoms with van der Waals surface area (Å²) in [6.07, 6.45) is -0.987. The van der Waals surface area contributed by atoms with Crippen molar-refractivity contribution in [2.24, 2.45) is 5.92 Å². The Balaban J connectivity index is 1.85. The third-order valence-electron chi connectivity index (χ3n) is 5.80. The molecule has 1 aliphatic rings. The van der Waals surface area contributed by atoms with Gasteiger partial charge in [0.1, 0.15) is 6.04 Å². The van der Waals surface area contributed by atoms with Crippen LogP contribution in [0.3, 0.4) is 0 Å². The molecule has 0 bridgehead atoms. The number of rotatable bonds is 8. The first-order valence-corrected chi connectivity index (χ1v) is 10.9. The van der Waals surface area contributed by atoms with Gasteiger partial charge in [-0.3, -0.25) is 24.1 Å². The number of benzene rings is 1. The minimum atomic E-state index is -1.18. The monoisotopic (exact) mass is 452 g/mol. The average Bonchev–Trinajstić information content (AvgIpc) is 3.18. The van der Waals surface area contributed by atoms with E-state index < -0.39 is 35.7 Å². The fourth-order valence-corrected chi connectivity index (χ4v) is 4.28. The van der Waals surface area contributed by atoms with Crippen molar-refractivity contribution in [1.82, 2.24) is 9.88 Å². The number of nitrogens with zero attached hydrogens (tertiary/aromatic N) is 1. The van der Waals surface area contributed by atoms with Crippen molar-refractivity contribution < 1.29 is 28.7 Å². The van der Waals surface area contributed by atoms with Crippen LogP contribution in [0.1, 0.15) is 86.9 Å². The van der Waals surface area contributed by atoms with Crippen LogP contribution in [0.4, 0.5) is 0 Å². The van der Waals surface area contributed by atoms with Gasteiger partial charge in [-0.05, 0) is 57.7 Å². The summed E-state index contributed by atoms with van der Waals surface area (Å²) in [6.45, 7) is 9.92. The van der Waals surface area contributed by atoms with Crippen molar-refractivity contribution >= 4 is 29.4 Å². The van der Waals surface area contributed by atoms with Crippen LogP contribution in [-0.4, -0.2) is 51.4 Å². The van der Waals surface area contributed by atoms with E-state index in [0.29, 0.717) is 16.8 Å². The third-order valence-corrected chi connectivity index (χ3v) is 5.80. The molecule has 2 amide bonds. The largest absolute Gasteiger partial charge is 0.453 e. The summed E-state index contributed by atoms with van der Waals surface area (Å²) in [7, 11) is 0. The van der Waals surface area contributed by atoms with Crippen LogP contribution in [0.25, 0.3) is 0 Å². The first kappa shape index (κ1) is 24.1. The molecule has 1 N–H and O–H groups in total. The average molecular weight is 453 g/mol. The van der Waals surface area contributed by atoms with Gasteiger partial charge in [-0.1, -0.05) is 26.0 Å². The first-order chi connectivity index (χ1) is 15.5.